The first kappa shape index (κ1) is 16.7. The lowest BCUT2D eigenvalue weighted by Crippen LogP contribution is -2.37. The third kappa shape index (κ3) is 2.60. The second kappa shape index (κ2) is 6.04. The van der Waals surface area contributed by atoms with E-state index in [9.17, 15) is 0 Å². The van der Waals surface area contributed by atoms with Crippen molar-refractivity contribution in [3.63, 3.8) is 0 Å². The first-order chi connectivity index (χ1) is 13.5. The van der Waals surface area contributed by atoms with Crippen molar-refractivity contribution in [2.75, 3.05) is 0 Å². The van der Waals surface area contributed by atoms with Gasteiger partial charge in [-0.2, -0.15) is 0 Å². The average molecular weight is 368 g/mol. The van der Waals surface area contributed by atoms with Crippen molar-refractivity contribution in [1.29, 1.82) is 0 Å². The Labute approximate surface area is 162 Å². The van der Waals surface area contributed by atoms with Gasteiger partial charge in [-0.3, -0.25) is 9.97 Å². The number of aryl methyl sites for hydroxylation is 1. The summed E-state index contributed by atoms with van der Waals surface area (Å²) in [6.07, 6.45) is 11.6. The summed E-state index contributed by atoms with van der Waals surface area (Å²) < 4.78 is 5.60. The quantitative estimate of drug-likeness (QED) is 0.550. The Bertz CT molecular complexity index is 1280. The highest BCUT2D eigenvalue weighted by atomic mass is 16.3. The van der Waals surface area contributed by atoms with Crippen molar-refractivity contribution in [3.8, 4) is 11.1 Å². The molecule has 0 bridgehead atoms. The number of benzene rings is 2. The van der Waals surface area contributed by atoms with E-state index in [0.29, 0.717) is 6.42 Å². The van der Waals surface area contributed by atoms with E-state index in [1.165, 1.54) is 0 Å². The summed E-state index contributed by atoms with van der Waals surface area (Å²) in [6, 6.07) is 10.3. The Morgan fingerprint density at radius 3 is 2.82 bits per heavy atom. The van der Waals surface area contributed by atoms with Crippen molar-refractivity contribution in [1.82, 2.24) is 9.97 Å². The highest BCUT2D eigenvalue weighted by Crippen LogP contribution is 2.36. The van der Waals surface area contributed by atoms with Crippen molar-refractivity contribution in [2.24, 2.45) is 11.5 Å². The normalized spacial score (nSPS) is 19.3. The zero-order chi connectivity index (χ0) is 19.3. The average Bonchev–Trinajstić information content (AvgIpc) is 3.07. The minimum atomic E-state index is -0.672. The number of fused-ring (bicyclic) bond motifs is 2. The summed E-state index contributed by atoms with van der Waals surface area (Å²) in [7, 11) is 0. The Morgan fingerprint density at radius 2 is 1.96 bits per heavy atom. The lowest BCUT2D eigenvalue weighted by Gasteiger charge is -2.29. The van der Waals surface area contributed by atoms with Crippen LogP contribution in [0.2, 0.25) is 0 Å². The zero-order valence-corrected chi connectivity index (χ0v) is 15.5. The third-order valence-electron chi connectivity index (χ3n) is 5.39. The van der Waals surface area contributed by atoms with Crippen LogP contribution in [-0.2, 0) is 5.54 Å². The van der Waals surface area contributed by atoms with Crippen LogP contribution in [0.5, 0.6) is 0 Å². The van der Waals surface area contributed by atoms with Crippen LogP contribution in [0.4, 0.5) is 0 Å². The van der Waals surface area contributed by atoms with Crippen LogP contribution in [0, 0.1) is 6.92 Å². The Balaban J connectivity index is 1.76. The van der Waals surface area contributed by atoms with Crippen molar-refractivity contribution in [2.45, 2.75) is 18.9 Å². The lowest BCUT2D eigenvalue weighted by molar-refractivity contribution is 0.546. The number of rotatable bonds is 2. The van der Waals surface area contributed by atoms with Crippen LogP contribution in [0.1, 0.15) is 17.5 Å². The largest absolute Gasteiger partial charge is 0.464 e. The van der Waals surface area contributed by atoms with Gasteiger partial charge in [-0.25, -0.2) is 0 Å². The molecule has 0 saturated carbocycles. The number of furan rings is 1. The minimum absolute atomic E-state index is 0.564. The maximum absolute atomic E-state index is 6.74. The Morgan fingerprint density at radius 1 is 1.11 bits per heavy atom. The molecule has 2 heterocycles. The van der Waals surface area contributed by atoms with Gasteiger partial charge in [-0.1, -0.05) is 18.2 Å². The zero-order valence-electron chi connectivity index (χ0n) is 15.5. The van der Waals surface area contributed by atoms with Gasteiger partial charge in [0.2, 0.25) is 0 Å². The van der Waals surface area contributed by atoms with Crippen molar-refractivity contribution >= 4 is 22.0 Å². The summed E-state index contributed by atoms with van der Waals surface area (Å²) >= 11 is 0. The smallest absolute Gasteiger partial charge is 0.134 e. The first-order valence-electron chi connectivity index (χ1n) is 9.20. The van der Waals surface area contributed by atoms with Gasteiger partial charge in [-0.15, -0.1) is 0 Å². The maximum Gasteiger partial charge on any atom is 0.134 e. The molecule has 0 saturated heterocycles. The van der Waals surface area contributed by atoms with Crippen LogP contribution in [0.25, 0.3) is 33.1 Å². The van der Waals surface area contributed by atoms with E-state index in [1.54, 1.807) is 18.7 Å². The van der Waals surface area contributed by atoms with E-state index in [4.69, 9.17) is 15.9 Å². The van der Waals surface area contributed by atoms with Gasteiger partial charge in [0.1, 0.15) is 5.58 Å². The van der Waals surface area contributed by atoms with Gasteiger partial charge in [0, 0.05) is 35.5 Å². The molecule has 4 N–H and O–H groups in total. The molecule has 0 fully saturated rings. The monoisotopic (exact) mass is 368 g/mol. The Hall–Kier alpha value is -3.44. The van der Waals surface area contributed by atoms with E-state index in [-0.39, 0.29) is 0 Å². The van der Waals surface area contributed by atoms with E-state index in [1.807, 2.05) is 43.4 Å². The molecule has 138 valence electrons. The maximum atomic E-state index is 6.74. The SMILES string of the molecule is Cc1coc2ccc(-c3cc(C4(N)C=CC=C(N)C4)cc4nccnc34)cc12. The van der Waals surface area contributed by atoms with E-state index < -0.39 is 5.54 Å². The summed E-state index contributed by atoms with van der Waals surface area (Å²) in [5, 5.41) is 1.09. The third-order valence-corrected chi connectivity index (χ3v) is 5.39. The molecule has 0 spiro atoms. The van der Waals surface area contributed by atoms with Crippen LogP contribution in [0.15, 0.2) is 77.3 Å². The summed E-state index contributed by atoms with van der Waals surface area (Å²) in [5.41, 5.74) is 19.5. The standard InChI is InChI=1S/C23H20N4O/c1-14-13-28-21-5-4-15(9-18(14)21)19-10-16(11-20-22(19)27-8-7-26-20)23(25)6-2-3-17(24)12-23/h2-11,13H,12,24-25H2,1H3. The van der Waals surface area contributed by atoms with Gasteiger partial charge in [0.05, 0.1) is 22.8 Å². The topological polar surface area (TPSA) is 91.0 Å². The molecule has 0 aliphatic heterocycles. The molecular weight excluding hydrogens is 348 g/mol. The molecule has 1 aliphatic rings. The molecule has 5 nitrogen and oxygen atoms in total. The first-order valence-corrected chi connectivity index (χ1v) is 9.20. The fourth-order valence-corrected chi connectivity index (χ4v) is 3.88. The number of hydrogen-bond acceptors (Lipinski definition) is 5. The van der Waals surface area contributed by atoms with E-state index in [0.717, 1.165) is 50.0 Å². The molecule has 0 radical (unpaired) electrons. The lowest BCUT2D eigenvalue weighted by atomic mass is 9.82. The molecular formula is C23H20N4O. The highest BCUT2D eigenvalue weighted by Gasteiger charge is 2.28. The molecule has 0 amide bonds. The molecule has 5 heteroatoms. The van der Waals surface area contributed by atoms with E-state index >= 15 is 0 Å². The summed E-state index contributed by atoms with van der Waals surface area (Å²) in [6.45, 7) is 2.04. The number of allylic oxidation sites excluding steroid dienone is 2. The van der Waals surface area contributed by atoms with Gasteiger partial charge < -0.3 is 15.9 Å². The molecule has 1 aliphatic carbocycles. The minimum Gasteiger partial charge on any atom is -0.464 e. The van der Waals surface area contributed by atoms with Crippen LogP contribution in [-0.4, -0.2) is 9.97 Å². The number of aromatic nitrogens is 2. The van der Waals surface area contributed by atoms with Gasteiger partial charge >= 0.3 is 0 Å². The number of hydrogen-bond donors (Lipinski definition) is 2. The Kier molecular flexibility index (Phi) is 3.60. The summed E-state index contributed by atoms with van der Waals surface area (Å²) in [4.78, 5) is 9.13. The second-order valence-electron chi connectivity index (χ2n) is 7.40. The molecule has 2 aromatic heterocycles. The van der Waals surface area contributed by atoms with Gasteiger partial charge in [-0.05, 0) is 54.0 Å². The van der Waals surface area contributed by atoms with Crippen molar-refractivity contribution < 1.29 is 4.42 Å². The number of nitrogens with zero attached hydrogens (tertiary/aromatic N) is 2. The van der Waals surface area contributed by atoms with Gasteiger partial charge in [0.25, 0.3) is 0 Å². The molecule has 2 aromatic carbocycles. The van der Waals surface area contributed by atoms with Gasteiger partial charge in [0.15, 0.2) is 0 Å². The molecule has 5 rings (SSSR count). The predicted molar refractivity (Wildman–Crippen MR) is 111 cm³/mol. The molecule has 1 unspecified atom stereocenters. The predicted octanol–water partition coefficient (Wildman–Crippen LogP) is 4.31. The second-order valence-corrected chi connectivity index (χ2v) is 7.40. The number of nitrogens with two attached hydrogens (primary N) is 2. The summed E-state index contributed by atoms with van der Waals surface area (Å²) in [5.74, 6) is 0. The highest BCUT2D eigenvalue weighted by molar-refractivity contribution is 5.95. The van der Waals surface area contributed by atoms with E-state index in [2.05, 4.69) is 22.1 Å². The van der Waals surface area contributed by atoms with Crippen LogP contribution >= 0.6 is 0 Å². The fraction of sp³-hybridized carbons (Fsp3) is 0.130. The molecule has 28 heavy (non-hydrogen) atoms. The fourth-order valence-electron chi connectivity index (χ4n) is 3.88. The molecule has 4 aromatic rings. The van der Waals surface area contributed by atoms with Crippen LogP contribution < -0.4 is 11.5 Å². The van der Waals surface area contributed by atoms with Crippen LogP contribution in [0.3, 0.4) is 0 Å². The molecule has 1 atom stereocenters. The van der Waals surface area contributed by atoms with Crippen molar-refractivity contribution in [3.05, 3.63) is 84.0 Å².